The molecular formula is C17H13Cl2N5O2. The Hall–Kier alpha value is -2.90. The van der Waals surface area contributed by atoms with E-state index in [1.54, 1.807) is 18.2 Å². The van der Waals surface area contributed by atoms with Gasteiger partial charge in [-0.3, -0.25) is 0 Å². The molecule has 3 aromatic rings. The van der Waals surface area contributed by atoms with Gasteiger partial charge in [-0.2, -0.15) is 0 Å². The zero-order chi connectivity index (χ0) is 18.1. The first kappa shape index (κ1) is 16.6. The van der Waals surface area contributed by atoms with Crippen molar-refractivity contribution < 1.29 is 9.47 Å². The Morgan fingerprint density at radius 3 is 2.23 bits per heavy atom. The number of aromatic nitrogens is 2. The van der Waals surface area contributed by atoms with Crippen LogP contribution in [0.1, 0.15) is 0 Å². The second-order valence-electron chi connectivity index (χ2n) is 5.46. The lowest BCUT2D eigenvalue weighted by molar-refractivity contribution is 0.174. The Balaban J connectivity index is 1.59. The predicted octanol–water partition coefficient (Wildman–Crippen LogP) is 4.58. The molecule has 0 saturated heterocycles. The van der Waals surface area contributed by atoms with E-state index in [1.807, 2.05) is 18.2 Å². The predicted molar refractivity (Wildman–Crippen MR) is 102 cm³/mol. The van der Waals surface area contributed by atoms with Crippen LogP contribution in [0.3, 0.4) is 0 Å². The molecule has 9 heteroatoms. The molecule has 2 aromatic carbocycles. The smallest absolute Gasteiger partial charge is 0.231 e. The number of rotatable bonds is 4. The molecule has 7 nitrogen and oxygen atoms in total. The third-order valence-corrected chi connectivity index (χ3v) is 4.08. The van der Waals surface area contributed by atoms with Crippen molar-refractivity contribution in [2.45, 2.75) is 0 Å². The summed E-state index contributed by atoms with van der Waals surface area (Å²) < 4.78 is 10.7. The molecule has 4 rings (SSSR count). The fourth-order valence-corrected chi connectivity index (χ4v) is 2.99. The van der Waals surface area contributed by atoms with Gasteiger partial charge in [-0.1, -0.05) is 23.2 Å². The Bertz CT molecular complexity index is 963. The number of nitrogens with two attached hydrogens (primary N) is 1. The molecular weight excluding hydrogens is 377 g/mol. The summed E-state index contributed by atoms with van der Waals surface area (Å²) in [6.45, 7) is 0.213. The van der Waals surface area contributed by atoms with Crippen LogP contribution in [0.2, 0.25) is 10.0 Å². The van der Waals surface area contributed by atoms with Gasteiger partial charge in [-0.25, -0.2) is 9.97 Å². The number of nitrogens with one attached hydrogen (secondary N) is 2. The fraction of sp³-hybridized carbons (Fsp3) is 0.0588. The van der Waals surface area contributed by atoms with E-state index in [9.17, 15) is 0 Å². The minimum Gasteiger partial charge on any atom is -0.454 e. The van der Waals surface area contributed by atoms with Crippen molar-refractivity contribution in [3.05, 3.63) is 52.8 Å². The molecule has 1 aliphatic rings. The van der Waals surface area contributed by atoms with E-state index < -0.39 is 0 Å². The average molecular weight is 390 g/mol. The first-order valence-corrected chi connectivity index (χ1v) is 8.34. The van der Waals surface area contributed by atoms with Gasteiger partial charge < -0.3 is 25.8 Å². The maximum atomic E-state index is 6.20. The average Bonchev–Trinajstić information content (AvgIpc) is 3.05. The van der Waals surface area contributed by atoms with Crippen molar-refractivity contribution >= 4 is 51.9 Å². The van der Waals surface area contributed by atoms with Gasteiger partial charge in [0.25, 0.3) is 0 Å². The molecule has 0 bridgehead atoms. The molecule has 0 amide bonds. The number of fused-ring (bicyclic) bond motifs is 1. The standard InChI is InChI=1S/C17H13Cl2N5O2/c18-9-3-10(19)5-12(4-9)24-17-15(20)16(21-7-22-17)23-11-1-2-13-14(6-11)26-8-25-13/h1-7H,8,20H2,(H2,21,22,23,24). The van der Waals surface area contributed by atoms with E-state index >= 15 is 0 Å². The third-order valence-electron chi connectivity index (χ3n) is 3.64. The van der Waals surface area contributed by atoms with Crippen LogP contribution in [-0.4, -0.2) is 16.8 Å². The van der Waals surface area contributed by atoms with Crippen LogP contribution in [0.15, 0.2) is 42.7 Å². The van der Waals surface area contributed by atoms with Crippen molar-refractivity contribution in [2.24, 2.45) is 0 Å². The van der Waals surface area contributed by atoms with E-state index in [0.717, 1.165) is 5.69 Å². The third kappa shape index (κ3) is 3.40. The van der Waals surface area contributed by atoms with Crippen LogP contribution in [0.25, 0.3) is 0 Å². The van der Waals surface area contributed by atoms with Gasteiger partial charge >= 0.3 is 0 Å². The summed E-state index contributed by atoms with van der Waals surface area (Å²) in [5.41, 5.74) is 7.97. The van der Waals surface area contributed by atoms with Gasteiger partial charge in [-0.05, 0) is 30.3 Å². The maximum absolute atomic E-state index is 6.20. The first-order valence-electron chi connectivity index (χ1n) is 7.59. The number of nitrogens with zero attached hydrogens (tertiary/aromatic N) is 2. The van der Waals surface area contributed by atoms with Gasteiger partial charge in [0, 0.05) is 27.5 Å². The van der Waals surface area contributed by atoms with E-state index in [2.05, 4.69) is 20.6 Å². The van der Waals surface area contributed by atoms with Crippen molar-refractivity contribution in [3.63, 3.8) is 0 Å². The van der Waals surface area contributed by atoms with Crippen LogP contribution in [0.4, 0.5) is 28.7 Å². The highest BCUT2D eigenvalue weighted by Gasteiger charge is 2.15. The maximum Gasteiger partial charge on any atom is 0.231 e. The molecule has 0 atom stereocenters. The van der Waals surface area contributed by atoms with Crippen molar-refractivity contribution in [1.82, 2.24) is 9.97 Å². The number of halogens is 2. The highest BCUT2D eigenvalue weighted by Crippen LogP contribution is 2.36. The lowest BCUT2D eigenvalue weighted by Crippen LogP contribution is -2.05. The van der Waals surface area contributed by atoms with Crippen molar-refractivity contribution in [1.29, 1.82) is 0 Å². The summed E-state index contributed by atoms with van der Waals surface area (Å²) in [6, 6.07) is 10.6. The molecule has 0 saturated carbocycles. The summed E-state index contributed by atoms with van der Waals surface area (Å²) in [5, 5.41) is 7.25. The number of anilines is 5. The normalized spacial score (nSPS) is 12.1. The van der Waals surface area contributed by atoms with Crippen LogP contribution in [0.5, 0.6) is 11.5 Å². The summed E-state index contributed by atoms with van der Waals surface area (Å²) in [5.74, 6) is 2.25. The molecule has 1 aromatic heterocycles. The quantitative estimate of drug-likeness (QED) is 0.600. The minimum atomic E-state index is 0.213. The second kappa shape index (κ2) is 6.78. The van der Waals surface area contributed by atoms with Gasteiger partial charge in [0.1, 0.15) is 12.0 Å². The van der Waals surface area contributed by atoms with Crippen molar-refractivity contribution in [3.8, 4) is 11.5 Å². The lowest BCUT2D eigenvalue weighted by atomic mass is 10.2. The number of nitrogen functional groups attached to an aromatic ring is 1. The van der Waals surface area contributed by atoms with Crippen LogP contribution < -0.4 is 25.8 Å². The topological polar surface area (TPSA) is 94.3 Å². The SMILES string of the molecule is Nc1c(Nc2cc(Cl)cc(Cl)c2)ncnc1Nc1ccc2c(c1)OCO2. The molecule has 0 aliphatic carbocycles. The summed E-state index contributed by atoms with van der Waals surface area (Å²) >= 11 is 12.0. The Morgan fingerprint density at radius 1 is 0.846 bits per heavy atom. The molecule has 26 heavy (non-hydrogen) atoms. The monoisotopic (exact) mass is 389 g/mol. The molecule has 0 spiro atoms. The van der Waals surface area contributed by atoms with Gasteiger partial charge in [0.2, 0.25) is 6.79 Å². The molecule has 0 unspecified atom stereocenters. The summed E-state index contributed by atoms with van der Waals surface area (Å²) in [4.78, 5) is 8.37. The van der Waals surface area contributed by atoms with Gasteiger partial charge in [-0.15, -0.1) is 0 Å². The fourth-order valence-electron chi connectivity index (χ4n) is 2.47. The Labute approximate surface area is 159 Å². The summed E-state index contributed by atoms with van der Waals surface area (Å²) in [7, 11) is 0. The minimum absolute atomic E-state index is 0.213. The zero-order valence-electron chi connectivity index (χ0n) is 13.3. The Morgan fingerprint density at radius 2 is 1.50 bits per heavy atom. The number of ether oxygens (including phenoxy) is 2. The van der Waals surface area contributed by atoms with E-state index in [0.29, 0.717) is 44.6 Å². The molecule has 1 aliphatic heterocycles. The van der Waals surface area contributed by atoms with Crippen LogP contribution >= 0.6 is 23.2 Å². The van der Waals surface area contributed by atoms with Gasteiger partial charge in [0.05, 0.1) is 0 Å². The lowest BCUT2D eigenvalue weighted by Gasteiger charge is -2.13. The number of benzene rings is 2. The van der Waals surface area contributed by atoms with E-state index in [4.69, 9.17) is 38.4 Å². The molecule has 132 valence electrons. The van der Waals surface area contributed by atoms with Crippen LogP contribution in [0, 0.1) is 0 Å². The summed E-state index contributed by atoms with van der Waals surface area (Å²) in [6.07, 6.45) is 1.40. The number of hydrogen-bond donors (Lipinski definition) is 3. The van der Waals surface area contributed by atoms with Crippen molar-refractivity contribution in [2.75, 3.05) is 23.2 Å². The highest BCUT2D eigenvalue weighted by atomic mass is 35.5. The molecule has 2 heterocycles. The molecule has 0 radical (unpaired) electrons. The van der Waals surface area contributed by atoms with E-state index in [-0.39, 0.29) is 6.79 Å². The van der Waals surface area contributed by atoms with Crippen LogP contribution in [-0.2, 0) is 0 Å². The first-order chi connectivity index (χ1) is 12.6. The highest BCUT2D eigenvalue weighted by molar-refractivity contribution is 6.35. The van der Waals surface area contributed by atoms with E-state index in [1.165, 1.54) is 6.33 Å². The Kier molecular flexibility index (Phi) is 4.32. The molecule has 4 N–H and O–H groups in total. The largest absolute Gasteiger partial charge is 0.454 e. The second-order valence-corrected chi connectivity index (χ2v) is 6.33. The van der Waals surface area contributed by atoms with Gasteiger partial charge in [0.15, 0.2) is 23.1 Å². The molecule has 0 fully saturated rings. The zero-order valence-corrected chi connectivity index (χ0v) is 14.8. The number of hydrogen-bond acceptors (Lipinski definition) is 7.